The van der Waals surface area contributed by atoms with Gasteiger partial charge in [0.15, 0.2) is 0 Å². The summed E-state index contributed by atoms with van der Waals surface area (Å²) in [4.78, 5) is 0. The summed E-state index contributed by atoms with van der Waals surface area (Å²) < 4.78 is 0. The number of rotatable bonds is 5. The molecular formula is C42H62. The molecule has 42 heavy (non-hydrogen) atoms. The summed E-state index contributed by atoms with van der Waals surface area (Å²) in [6.45, 7) is 24.5. The topological polar surface area (TPSA) is 0 Å². The van der Waals surface area contributed by atoms with Gasteiger partial charge in [0, 0.05) is 0 Å². The average Bonchev–Trinajstić information content (AvgIpc) is 3.50. The molecule has 0 heterocycles. The Morgan fingerprint density at radius 1 is 0.619 bits per heavy atom. The van der Waals surface area contributed by atoms with Gasteiger partial charge in [0.05, 0.1) is 0 Å². The lowest BCUT2D eigenvalue weighted by Crippen LogP contribution is -2.48. The van der Waals surface area contributed by atoms with Crippen molar-refractivity contribution in [3.8, 4) is 0 Å². The van der Waals surface area contributed by atoms with E-state index in [1.54, 1.807) is 22.3 Å². The van der Waals surface area contributed by atoms with Crippen LogP contribution in [0.25, 0.3) is 0 Å². The van der Waals surface area contributed by atoms with E-state index in [0.29, 0.717) is 50.7 Å². The van der Waals surface area contributed by atoms with Crippen molar-refractivity contribution in [2.75, 3.05) is 0 Å². The van der Waals surface area contributed by atoms with E-state index < -0.39 is 0 Å². The maximum Gasteiger partial charge on any atom is -0.00921 e. The second kappa shape index (κ2) is 9.60. The van der Waals surface area contributed by atoms with Crippen molar-refractivity contribution in [3.05, 3.63) is 59.3 Å². The van der Waals surface area contributed by atoms with Crippen LogP contribution in [0.3, 0.4) is 0 Å². The maximum atomic E-state index is 4.06. The molecule has 0 N–H and O–H groups in total. The Bertz CT molecular complexity index is 1170. The highest BCUT2D eigenvalue weighted by Crippen LogP contribution is 2.71. The molecule has 7 aliphatic carbocycles. The van der Waals surface area contributed by atoms with Crippen LogP contribution >= 0.6 is 0 Å². The van der Waals surface area contributed by atoms with Crippen molar-refractivity contribution < 1.29 is 0 Å². The molecule has 230 valence electrons. The Morgan fingerprint density at radius 2 is 1.05 bits per heavy atom. The predicted molar refractivity (Wildman–Crippen MR) is 180 cm³/mol. The SMILES string of the molecule is C=CCCC1CCC(C2(C3C4C=C5C(=CC4C4C=C6C(=CC43)C(C)(C)CCC6(C)C)C(C)(C)CCC5(C)C)CCC2)C1. The molecule has 7 rings (SSSR count). The van der Waals surface area contributed by atoms with Crippen molar-refractivity contribution in [2.24, 2.45) is 68.5 Å². The van der Waals surface area contributed by atoms with Crippen molar-refractivity contribution in [3.63, 3.8) is 0 Å². The van der Waals surface area contributed by atoms with Gasteiger partial charge in [-0.15, -0.1) is 6.58 Å². The molecular weight excluding hydrogens is 504 g/mol. The lowest BCUT2D eigenvalue weighted by molar-refractivity contribution is -0.0439. The first-order valence-corrected chi connectivity index (χ1v) is 18.2. The van der Waals surface area contributed by atoms with Crippen LogP contribution in [0.2, 0.25) is 0 Å². The molecule has 0 spiro atoms. The highest BCUT2D eigenvalue weighted by molar-refractivity contribution is 5.51. The molecule has 0 heteroatoms. The number of allylic oxidation sites excluding steroid dienone is 9. The minimum atomic E-state index is 0.298. The zero-order valence-electron chi connectivity index (χ0n) is 28.6. The Hall–Kier alpha value is -1.30. The second-order valence-corrected chi connectivity index (χ2v) is 19.0. The van der Waals surface area contributed by atoms with Gasteiger partial charge in [0.2, 0.25) is 0 Å². The molecule has 0 aromatic heterocycles. The Labute approximate surface area is 259 Å². The average molecular weight is 567 g/mol. The summed E-state index contributed by atoms with van der Waals surface area (Å²) in [6.07, 6.45) is 30.6. The van der Waals surface area contributed by atoms with Gasteiger partial charge in [-0.2, -0.15) is 0 Å². The molecule has 0 saturated heterocycles. The molecule has 6 unspecified atom stereocenters. The second-order valence-electron chi connectivity index (χ2n) is 19.0. The first-order chi connectivity index (χ1) is 19.7. The third-order valence-electron chi connectivity index (χ3n) is 14.9. The zero-order chi connectivity index (χ0) is 29.9. The Balaban J connectivity index is 1.37. The molecule has 5 fully saturated rings. The minimum absolute atomic E-state index is 0.298. The number of fused-ring (bicyclic) bond motifs is 5. The van der Waals surface area contributed by atoms with Gasteiger partial charge >= 0.3 is 0 Å². The summed E-state index contributed by atoms with van der Waals surface area (Å²) in [5, 5.41) is 0. The lowest BCUT2D eigenvalue weighted by atomic mass is 9.48. The van der Waals surface area contributed by atoms with Crippen LogP contribution < -0.4 is 0 Å². The molecule has 6 atom stereocenters. The van der Waals surface area contributed by atoms with E-state index >= 15 is 0 Å². The zero-order valence-corrected chi connectivity index (χ0v) is 28.6. The van der Waals surface area contributed by atoms with Crippen molar-refractivity contribution in [2.45, 2.75) is 132 Å². The molecule has 0 aromatic carbocycles. The summed E-state index contributed by atoms with van der Waals surface area (Å²) >= 11 is 0. The van der Waals surface area contributed by atoms with E-state index in [9.17, 15) is 0 Å². The van der Waals surface area contributed by atoms with Crippen LogP contribution in [0, 0.1) is 68.5 Å². The summed E-state index contributed by atoms with van der Waals surface area (Å²) in [5.74, 6) is 5.44. The van der Waals surface area contributed by atoms with Gasteiger partial charge in [-0.25, -0.2) is 0 Å². The predicted octanol–water partition coefficient (Wildman–Crippen LogP) is 12.1. The van der Waals surface area contributed by atoms with E-state index in [2.05, 4.69) is 92.3 Å². The van der Waals surface area contributed by atoms with E-state index in [1.807, 2.05) is 0 Å². The van der Waals surface area contributed by atoms with Crippen molar-refractivity contribution in [1.29, 1.82) is 0 Å². The minimum Gasteiger partial charge on any atom is -0.103 e. The van der Waals surface area contributed by atoms with Crippen LogP contribution in [-0.2, 0) is 0 Å². The highest BCUT2D eigenvalue weighted by atomic mass is 14.7. The fourth-order valence-corrected chi connectivity index (χ4v) is 12.0. The normalized spacial score (nSPS) is 41.5. The van der Waals surface area contributed by atoms with E-state index in [4.69, 9.17) is 0 Å². The highest BCUT2D eigenvalue weighted by Gasteiger charge is 2.63. The monoisotopic (exact) mass is 566 g/mol. The Kier molecular flexibility index (Phi) is 6.72. The molecule has 0 bridgehead atoms. The van der Waals surface area contributed by atoms with Gasteiger partial charge in [-0.1, -0.05) is 98.6 Å². The third-order valence-corrected chi connectivity index (χ3v) is 14.9. The van der Waals surface area contributed by atoms with Crippen LogP contribution in [0.1, 0.15) is 132 Å². The van der Waals surface area contributed by atoms with Crippen LogP contribution in [-0.4, -0.2) is 0 Å². The first-order valence-electron chi connectivity index (χ1n) is 18.2. The molecule has 0 radical (unpaired) electrons. The van der Waals surface area contributed by atoms with Crippen LogP contribution in [0.15, 0.2) is 59.3 Å². The van der Waals surface area contributed by atoms with Gasteiger partial charge in [0.25, 0.3) is 0 Å². The molecule has 7 aliphatic rings. The van der Waals surface area contributed by atoms with Crippen molar-refractivity contribution >= 4 is 0 Å². The summed E-state index contributed by atoms with van der Waals surface area (Å²) in [6, 6.07) is 0. The lowest BCUT2D eigenvalue weighted by Gasteiger charge is -2.56. The van der Waals surface area contributed by atoms with Gasteiger partial charge in [-0.05, 0) is 155 Å². The van der Waals surface area contributed by atoms with Crippen LogP contribution in [0.4, 0.5) is 0 Å². The van der Waals surface area contributed by atoms with Crippen molar-refractivity contribution in [1.82, 2.24) is 0 Å². The van der Waals surface area contributed by atoms with Gasteiger partial charge in [0.1, 0.15) is 0 Å². The van der Waals surface area contributed by atoms with Crippen LogP contribution in [0.5, 0.6) is 0 Å². The van der Waals surface area contributed by atoms with E-state index in [1.165, 1.54) is 77.0 Å². The number of hydrogen-bond acceptors (Lipinski definition) is 0. The van der Waals surface area contributed by atoms with Gasteiger partial charge in [-0.3, -0.25) is 0 Å². The molecule has 0 amide bonds. The largest absolute Gasteiger partial charge is 0.103 e. The molecule has 0 nitrogen and oxygen atoms in total. The fraction of sp³-hybridized carbons (Fsp3) is 0.762. The number of hydrogen-bond donors (Lipinski definition) is 0. The summed E-state index contributed by atoms with van der Waals surface area (Å²) in [5.41, 5.74) is 8.69. The standard InChI is InChI=1S/C42H62/c1-10-11-13-27-14-15-28(22-27)42(16-12-17-42)37-31-25-35-33(38(2,3)18-20-40(35,6)7)23-29(31)30-24-34-36(26-32(30)37)41(8,9)21-19-39(34,4)5/h10,23-32,37H,1,11-22H2,2-9H3. The molecule has 5 saturated carbocycles. The van der Waals surface area contributed by atoms with E-state index in [-0.39, 0.29) is 0 Å². The molecule has 0 aliphatic heterocycles. The first kappa shape index (κ1) is 29.4. The fourth-order valence-electron chi connectivity index (χ4n) is 12.0. The summed E-state index contributed by atoms with van der Waals surface area (Å²) in [7, 11) is 0. The van der Waals surface area contributed by atoms with Gasteiger partial charge < -0.3 is 0 Å². The quantitative estimate of drug-likeness (QED) is 0.290. The smallest absolute Gasteiger partial charge is 0.00921 e. The molecule has 0 aromatic rings. The van der Waals surface area contributed by atoms with E-state index in [0.717, 1.165) is 17.8 Å². The Morgan fingerprint density at radius 3 is 1.43 bits per heavy atom. The third kappa shape index (κ3) is 4.25. The maximum absolute atomic E-state index is 4.06.